The number of hydrogen-bond donors (Lipinski definition) is 2. The van der Waals surface area contributed by atoms with Crippen molar-refractivity contribution in [2.24, 2.45) is 10.7 Å². The maximum absolute atomic E-state index is 5.81. The fourth-order valence-electron chi connectivity index (χ4n) is 1.43. The molecule has 0 heterocycles. The number of benzene rings is 1. The van der Waals surface area contributed by atoms with E-state index in [0.717, 1.165) is 5.75 Å². The molecule has 0 saturated carbocycles. The lowest BCUT2D eigenvalue weighted by Gasteiger charge is -2.21. The number of ether oxygens (including phenoxy) is 1. The van der Waals surface area contributed by atoms with Crippen LogP contribution in [0.5, 0.6) is 5.75 Å². The largest absolute Gasteiger partial charge is 0.489 e. The zero-order chi connectivity index (χ0) is 14.5. The molecule has 0 aromatic heterocycles. The first-order valence-electron chi connectivity index (χ1n) is 6.26. The Labute approximate surface area is 143 Å². The summed E-state index contributed by atoms with van der Waals surface area (Å²) in [6.07, 6.45) is -0.0542. The van der Waals surface area contributed by atoms with Crippen molar-refractivity contribution in [1.82, 2.24) is 5.32 Å². The molecule has 0 amide bonds. The van der Waals surface area contributed by atoms with Crippen molar-refractivity contribution in [2.75, 3.05) is 6.54 Å². The molecule has 1 rings (SSSR count). The van der Waals surface area contributed by atoms with Gasteiger partial charge in [-0.3, -0.25) is 0 Å². The Morgan fingerprint density at radius 3 is 2.40 bits per heavy atom. The molecule has 1 aromatic carbocycles. The summed E-state index contributed by atoms with van der Waals surface area (Å²) in [5.74, 6) is 1.20. The topological polar surface area (TPSA) is 59.6 Å². The van der Waals surface area contributed by atoms with E-state index < -0.39 is 0 Å². The summed E-state index contributed by atoms with van der Waals surface area (Å²) in [5.41, 5.74) is 5.70. The average molecular weight is 412 g/mol. The van der Waals surface area contributed by atoms with E-state index in [1.807, 2.05) is 39.8 Å². The molecule has 114 valence electrons. The van der Waals surface area contributed by atoms with Crippen LogP contribution in [0.2, 0.25) is 5.02 Å². The van der Waals surface area contributed by atoms with E-state index in [1.165, 1.54) is 0 Å². The van der Waals surface area contributed by atoms with Crippen LogP contribution in [-0.2, 0) is 0 Å². The Bertz CT molecular complexity index is 429. The standard InChI is InChI=1S/C14H22ClN3O.HI/c1-10(9-17-13(16)18-14(2,3)4)19-12-7-5-11(15)6-8-12;/h5-8,10H,9H2,1-4H3,(H3,16,17,18);1H. The van der Waals surface area contributed by atoms with Crippen LogP contribution in [0.4, 0.5) is 0 Å². The lowest BCUT2D eigenvalue weighted by atomic mass is 10.1. The van der Waals surface area contributed by atoms with Crippen LogP contribution in [0.25, 0.3) is 0 Å². The van der Waals surface area contributed by atoms with Crippen molar-refractivity contribution in [3.8, 4) is 5.75 Å². The fraction of sp³-hybridized carbons (Fsp3) is 0.500. The van der Waals surface area contributed by atoms with Gasteiger partial charge in [0.25, 0.3) is 0 Å². The average Bonchev–Trinajstić information content (AvgIpc) is 2.27. The Hall–Kier alpha value is -0.690. The normalized spacial score (nSPS) is 13.3. The van der Waals surface area contributed by atoms with E-state index in [2.05, 4.69) is 10.3 Å². The van der Waals surface area contributed by atoms with E-state index >= 15 is 0 Å². The van der Waals surface area contributed by atoms with Crippen LogP contribution in [0.1, 0.15) is 27.7 Å². The Morgan fingerprint density at radius 1 is 1.35 bits per heavy atom. The zero-order valence-corrected chi connectivity index (χ0v) is 15.4. The molecular formula is C14H23ClIN3O. The second-order valence-corrected chi connectivity index (χ2v) is 5.92. The molecule has 20 heavy (non-hydrogen) atoms. The first-order chi connectivity index (χ1) is 8.76. The number of nitrogens with one attached hydrogen (secondary N) is 1. The van der Waals surface area contributed by atoms with Gasteiger partial charge in [0.15, 0.2) is 5.96 Å². The molecular weight excluding hydrogens is 389 g/mol. The van der Waals surface area contributed by atoms with Crippen molar-refractivity contribution >= 4 is 41.5 Å². The number of hydrogen-bond acceptors (Lipinski definition) is 2. The predicted molar refractivity (Wildman–Crippen MR) is 96.3 cm³/mol. The van der Waals surface area contributed by atoms with Crippen molar-refractivity contribution in [3.63, 3.8) is 0 Å². The third-order valence-corrected chi connectivity index (χ3v) is 2.42. The first-order valence-corrected chi connectivity index (χ1v) is 6.64. The van der Waals surface area contributed by atoms with E-state index in [4.69, 9.17) is 22.1 Å². The van der Waals surface area contributed by atoms with Crippen LogP contribution >= 0.6 is 35.6 Å². The lowest BCUT2D eigenvalue weighted by Crippen LogP contribution is -2.45. The molecule has 3 N–H and O–H groups in total. The van der Waals surface area contributed by atoms with Gasteiger partial charge in [0.1, 0.15) is 11.9 Å². The smallest absolute Gasteiger partial charge is 0.189 e. The predicted octanol–water partition coefficient (Wildman–Crippen LogP) is 3.43. The monoisotopic (exact) mass is 411 g/mol. The summed E-state index contributed by atoms with van der Waals surface area (Å²) in [4.78, 5) is 4.26. The Morgan fingerprint density at radius 2 is 1.90 bits per heavy atom. The van der Waals surface area contributed by atoms with Gasteiger partial charge in [-0.2, -0.15) is 0 Å². The molecule has 6 heteroatoms. The van der Waals surface area contributed by atoms with Gasteiger partial charge in [-0.1, -0.05) is 11.6 Å². The maximum Gasteiger partial charge on any atom is 0.189 e. The highest BCUT2D eigenvalue weighted by Crippen LogP contribution is 2.16. The summed E-state index contributed by atoms with van der Waals surface area (Å²) in [6, 6.07) is 7.25. The molecule has 0 fully saturated rings. The number of aliphatic imine (C=N–C) groups is 1. The number of nitrogens with two attached hydrogens (primary N) is 1. The summed E-state index contributed by atoms with van der Waals surface area (Å²) in [7, 11) is 0. The van der Waals surface area contributed by atoms with Crippen LogP contribution in [0.15, 0.2) is 29.3 Å². The summed E-state index contributed by atoms with van der Waals surface area (Å²) >= 11 is 5.81. The summed E-state index contributed by atoms with van der Waals surface area (Å²) < 4.78 is 5.70. The second kappa shape index (κ2) is 8.56. The van der Waals surface area contributed by atoms with Crippen molar-refractivity contribution in [1.29, 1.82) is 0 Å². The van der Waals surface area contributed by atoms with Gasteiger partial charge in [-0.25, -0.2) is 4.99 Å². The zero-order valence-electron chi connectivity index (χ0n) is 12.3. The highest BCUT2D eigenvalue weighted by molar-refractivity contribution is 14.0. The van der Waals surface area contributed by atoms with Gasteiger partial charge < -0.3 is 15.8 Å². The number of halogens is 2. The molecule has 1 aromatic rings. The lowest BCUT2D eigenvalue weighted by molar-refractivity contribution is 0.230. The molecule has 1 unspecified atom stereocenters. The van der Waals surface area contributed by atoms with E-state index in [-0.39, 0.29) is 35.6 Å². The van der Waals surface area contributed by atoms with Gasteiger partial charge >= 0.3 is 0 Å². The Kier molecular flexibility index (Phi) is 8.27. The molecule has 0 aliphatic rings. The third-order valence-electron chi connectivity index (χ3n) is 2.17. The van der Waals surface area contributed by atoms with Crippen molar-refractivity contribution in [2.45, 2.75) is 39.3 Å². The van der Waals surface area contributed by atoms with Gasteiger partial charge in [-0.05, 0) is 52.0 Å². The van der Waals surface area contributed by atoms with E-state index in [1.54, 1.807) is 12.1 Å². The van der Waals surface area contributed by atoms with Gasteiger partial charge in [0, 0.05) is 10.6 Å². The molecule has 0 saturated heterocycles. The van der Waals surface area contributed by atoms with E-state index in [9.17, 15) is 0 Å². The minimum atomic E-state index is -0.0894. The molecule has 0 aliphatic heterocycles. The van der Waals surface area contributed by atoms with Gasteiger partial charge in [0.2, 0.25) is 0 Å². The molecule has 0 radical (unpaired) electrons. The number of nitrogens with zero attached hydrogens (tertiary/aromatic N) is 1. The Balaban J connectivity index is 0.00000361. The fourth-order valence-corrected chi connectivity index (χ4v) is 1.56. The SMILES string of the molecule is CC(CN=C(N)NC(C)(C)C)Oc1ccc(Cl)cc1.I. The summed E-state index contributed by atoms with van der Waals surface area (Å²) in [6.45, 7) is 8.54. The molecule has 0 bridgehead atoms. The minimum absolute atomic E-state index is 0. The van der Waals surface area contributed by atoms with Crippen molar-refractivity contribution in [3.05, 3.63) is 29.3 Å². The van der Waals surface area contributed by atoms with Crippen LogP contribution < -0.4 is 15.8 Å². The number of rotatable bonds is 4. The summed E-state index contributed by atoms with van der Waals surface area (Å²) in [5, 5.41) is 3.79. The molecule has 4 nitrogen and oxygen atoms in total. The third kappa shape index (κ3) is 8.47. The van der Waals surface area contributed by atoms with E-state index in [0.29, 0.717) is 17.5 Å². The number of guanidine groups is 1. The highest BCUT2D eigenvalue weighted by atomic mass is 127. The van der Waals surface area contributed by atoms with Crippen LogP contribution in [-0.4, -0.2) is 24.1 Å². The van der Waals surface area contributed by atoms with Crippen molar-refractivity contribution < 1.29 is 4.74 Å². The minimum Gasteiger partial charge on any atom is -0.489 e. The van der Waals surface area contributed by atoms with Crippen LogP contribution in [0, 0.1) is 0 Å². The first kappa shape index (κ1) is 19.3. The van der Waals surface area contributed by atoms with Gasteiger partial charge in [-0.15, -0.1) is 24.0 Å². The molecule has 1 atom stereocenters. The second-order valence-electron chi connectivity index (χ2n) is 5.48. The molecule has 0 spiro atoms. The highest BCUT2D eigenvalue weighted by Gasteiger charge is 2.10. The maximum atomic E-state index is 5.81. The molecule has 0 aliphatic carbocycles. The van der Waals surface area contributed by atoms with Crippen LogP contribution in [0.3, 0.4) is 0 Å². The quantitative estimate of drug-likeness (QED) is 0.453. The van der Waals surface area contributed by atoms with Gasteiger partial charge in [0.05, 0.1) is 6.54 Å².